The fourth-order valence-electron chi connectivity index (χ4n) is 1.31. The summed E-state index contributed by atoms with van der Waals surface area (Å²) in [6.45, 7) is 1.91. The second-order valence-electron chi connectivity index (χ2n) is 2.92. The minimum Gasteiger partial charge on any atom is -0.241 e. The monoisotopic (exact) mass is 211 g/mol. The molecule has 0 unspecified atom stereocenters. The molecule has 0 spiro atoms. The highest BCUT2D eigenvalue weighted by Crippen LogP contribution is 2.25. The molecule has 0 atom stereocenters. The summed E-state index contributed by atoms with van der Waals surface area (Å²) in [6, 6.07) is 7.55. The van der Waals surface area contributed by atoms with Crippen molar-refractivity contribution in [1.29, 1.82) is 0 Å². The molecule has 13 heavy (non-hydrogen) atoms. The predicted molar refractivity (Wildman–Crippen MR) is 56.5 cm³/mol. The van der Waals surface area contributed by atoms with Crippen LogP contribution in [0.2, 0.25) is 10.2 Å². The van der Waals surface area contributed by atoms with Crippen LogP contribution in [0.5, 0.6) is 0 Å². The molecule has 2 rings (SSSR count). The van der Waals surface area contributed by atoms with Crippen molar-refractivity contribution < 1.29 is 0 Å². The Labute approximate surface area is 86.3 Å². The highest BCUT2D eigenvalue weighted by atomic mass is 35.5. The van der Waals surface area contributed by atoms with Gasteiger partial charge in [-0.15, -0.1) is 0 Å². The first-order valence-corrected chi connectivity index (χ1v) is 4.65. The zero-order valence-corrected chi connectivity index (χ0v) is 8.52. The third-order valence-corrected chi connectivity index (χ3v) is 2.40. The molecule has 0 aliphatic rings. The minimum absolute atomic E-state index is 0.534. The molecule has 0 fully saturated rings. The second kappa shape index (κ2) is 3.17. The summed E-state index contributed by atoms with van der Waals surface area (Å²) in [5, 5.41) is 3.22. The molecule has 3 heteroatoms. The van der Waals surface area contributed by atoms with Crippen LogP contribution in [0.4, 0.5) is 0 Å². The Morgan fingerprint density at radius 1 is 1.15 bits per heavy atom. The van der Waals surface area contributed by atoms with Crippen molar-refractivity contribution in [2.45, 2.75) is 6.92 Å². The van der Waals surface area contributed by atoms with Crippen molar-refractivity contribution in [1.82, 2.24) is 4.98 Å². The molecule has 0 N–H and O–H groups in total. The zero-order chi connectivity index (χ0) is 9.42. The number of halogens is 2. The standard InChI is InChI=1S/C10H7Cl2N/c1-6-4-7-5-8(11)2-3-9(7)10(12)13-6/h2-5H,1H3. The molecule has 1 aromatic carbocycles. The van der Waals surface area contributed by atoms with Crippen molar-refractivity contribution in [2.24, 2.45) is 0 Å². The number of aromatic nitrogens is 1. The Morgan fingerprint density at radius 2 is 1.92 bits per heavy atom. The Hall–Kier alpha value is -0.790. The molecule has 0 bridgehead atoms. The zero-order valence-electron chi connectivity index (χ0n) is 7.01. The quantitative estimate of drug-likeness (QED) is 0.604. The summed E-state index contributed by atoms with van der Waals surface area (Å²) in [6.07, 6.45) is 0. The van der Waals surface area contributed by atoms with Crippen LogP contribution in [0, 0.1) is 6.92 Å². The molecule has 2 aromatic rings. The average molecular weight is 212 g/mol. The van der Waals surface area contributed by atoms with Gasteiger partial charge in [-0.2, -0.15) is 0 Å². The van der Waals surface area contributed by atoms with Crippen molar-refractivity contribution in [3.8, 4) is 0 Å². The molecule has 0 aliphatic carbocycles. The van der Waals surface area contributed by atoms with E-state index in [-0.39, 0.29) is 0 Å². The molecule has 0 amide bonds. The van der Waals surface area contributed by atoms with Gasteiger partial charge in [-0.1, -0.05) is 23.2 Å². The van der Waals surface area contributed by atoms with Gasteiger partial charge in [-0.25, -0.2) is 4.98 Å². The maximum atomic E-state index is 5.96. The lowest BCUT2D eigenvalue weighted by atomic mass is 10.1. The van der Waals surface area contributed by atoms with E-state index in [1.54, 1.807) is 0 Å². The minimum atomic E-state index is 0.534. The van der Waals surface area contributed by atoms with Crippen LogP contribution in [0.3, 0.4) is 0 Å². The van der Waals surface area contributed by atoms with Crippen molar-refractivity contribution in [2.75, 3.05) is 0 Å². The van der Waals surface area contributed by atoms with Crippen molar-refractivity contribution >= 4 is 34.0 Å². The first-order chi connectivity index (χ1) is 6.16. The van der Waals surface area contributed by atoms with Gasteiger partial charge >= 0.3 is 0 Å². The van der Waals surface area contributed by atoms with E-state index in [9.17, 15) is 0 Å². The molecule has 1 nitrogen and oxygen atoms in total. The van der Waals surface area contributed by atoms with Crippen LogP contribution >= 0.6 is 23.2 Å². The Bertz CT molecular complexity index is 460. The van der Waals surface area contributed by atoms with E-state index in [1.165, 1.54) is 0 Å². The maximum Gasteiger partial charge on any atom is 0.137 e. The Morgan fingerprint density at radius 3 is 2.69 bits per heavy atom. The van der Waals surface area contributed by atoms with E-state index in [0.29, 0.717) is 10.2 Å². The smallest absolute Gasteiger partial charge is 0.137 e. The Kier molecular flexibility index (Phi) is 2.14. The normalized spacial score (nSPS) is 10.7. The highest BCUT2D eigenvalue weighted by molar-refractivity contribution is 6.35. The lowest BCUT2D eigenvalue weighted by Crippen LogP contribution is -1.83. The van der Waals surface area contributed by atoms with Gasteiger partial charge in [0.25, 0.3) is 0 Å². The van der Waals surface area contributed by atoms with E-state index in [4.69, 9.17) is 23.2 Å². The van der Waals surface area contributed by atoms with Gasteiger partial charge in [0, 0.05) is 16.1 Å². The topological polar surface area (TPSA) is 12.9 Å². The summed E-state index contributed by atoms with van der Waals surface area (Å²) in [4.78, 5) is 4.15. The molecular formula is C10H7Cl2N. The molecular weight excluding hydrogens is 205 g/mol. The third kappa shape index (κ3) is 1.62. The van der Waals surface area contributed by atoms with Crippen molar-refractivity contribution in [3.63, 3.8) is 0 Å². The molecule has 66 valence electrons. The van der Waals surface area contributed by atoms with E-state index < -0.39 is 0 Å². The van der Waals surface area contributed by atoms with Gasteiger partial charge in [0.1, 0.15) is 5.15 Å². The first-order valence-electron chi connectivity index (χ1n) is 3.89. The van der Waals surface area contributed by atoms with Gasteiger partial charge in [0.2, 0.25) is 0 Å². The molecule has 0 saturated heterocycles. The largest absolute Gasteiger partial charge is 0.241 e. The molecule has 0 aliphatic heterocycles. The molecule has 1 heterocycles. The number of pyridine rings is 1. The number of benzene rings is 1. The summed E-state index contributed by atoms with van der Waals surface area (Å²) < 4.78 is 0. The number of aryl methyl sites for hydroxylation is 1. The fraction of sp³-hybridized carbons (Fsp3) is 0.100. The van der Waals surface area contributed by atoms with Crippen molar-refractivity contribution in [3.05, 3.63) is 40.1 Å². The average Bonchev–Trinajstić information content (AvgIpc) is 2.02. The lowest BCUT2D eigenvalue weighted by molar-refractivity contribution is 1.22. The maximum absolute atomic E-state index is 5.96. The number of hydrogen-bond acceptors (Lipinski definition) is 1. The summed E-state index contributed by atoms with van der Waals surface area (Å²) in [7, 11) is 0. The van der Waals surface area contributed by atoms with Crippen LogP contribution in [0.1, 0.15) is 5.69 Å². The first kappa shape index (κ1) is 8.79. The summed E-state index contributed by atoms with van der Waals surface area (Å²) >= 11 is 11.8. The van der Waals surface area contributed by atoms with E-state index in [0.717, 1.165) is 16.5 Å². The van der Waals surface area contributed by atoms with Gasteiger partial charge in [-0.05, 0) is 36.6 Å². The number of nitrogens with zero attached hydrogens (tertiary/aromatic N) is 1. The highest BCUT2D eigenvalue weighted by Gasteiger charge is 2.01. The molecule has 1 aromatic heterocycles. The fourth-order valence-corrected chi connectivity index (χ4v) is 1.80. The van der Waals surface area contributed by atoms with E-state index in [1.807, 2.05) is 31.2 Å². The third-order valence-electron chi connectivity index (χ3n) is 1.87. The number of fused-ring (bicyclic) bond motifs is 1. The number of rotatable bonds is 0. The summed E-state index contributed by atoms with van der Waals surface area (Å²) in [5.74, 6) is 0. The van der Waals surface area contributed by atoms with Crippen LogP contribution < -0.4 is 0 Å². The number of hydrogen-bond donors (Lipinski definition) is 0. The molecule has 0 radical (unpaired) electrons. The van der Waals surface area contributed by atoms with Crippen LogP contribution in [0.15, 0.2) is 24.3 Å². The Balaban J connectivity index is 2.86. The van der Waals surface area contributed by atoms with Crippen LogP contribution in [0.25, 0.3) is 10.8 Å². The molecule has 0 saturated carbocycles. The van der Waals surface area contributed by atoms with Gasteiger partial charge < -0.3 is 0 Å². The SMILES string of the molecule is Cc1cc2cc(Cl)ccc2c(Cl)n1. The lowest BCUT2D eigenvalue weighted by Gasteiger charge is -2.01. The predicted octanol–water partition coefficient (Wildman–Crippen LogP) is 3.85. The van der Waals surface area contributed by atoms with Gasteiger partial charge in [-0.3, -0.25) is 0 Å². The van der Waals surface area contributed by atoms with Crippen LogP contribution in [-0.4, -0.2) is 4.98 Å². The van der Waals surface area contributed by atoms with Gasteiger partial charge in [0.05, 0.1) is 0 Å². The van der Waals surface area contributed by atoms with E-state index >= 15 is 0 Å². The summed E-state index contributed by atoms with van der Waals surface area (Å²) in [5.41, 5.74) is 0.903. The van der Waals surface area contributed by atoms with Crippen LogP contribution in [-0.2, 0) is 0 Å². The van der Waals surface area contributed by atoms with E-state index in [2.05, 4.69) is 4.98 Å². The second-order valence-corrected chi connectivity index (χ2v) is 3.71. The van der Waals surface area contributed by atoms with Gasteiger partial charge in [0.15, 0.2) is 0 Å².